The molecule has 0 aliphatic rings. The summed E-state index contributed by atoms with van der Waals surface area (Å²) in [5.41, 5.74) is 0.738. The summed E-state index contributed by atoms with van der Waals surface area (Å²) in [5.74, 6) is 0.467. The van der Waals surface area contributed by atoms with Gasteiger partial charge >= 0.3 is 13.2 Å². The number of rotatable bonds is 5. The zero-order valence-corrected chi connectivity index (χ0v) is 12.7. The molecule has 7 heteroatoms. The fourth-order valence-corrected chi connectivity index (χ4v) is 3.41. The fourth-order valence-electron chi connectivity index (χ4n) is 1.80. The maximum atomic E-state index is 12.2. The molecule has 1 atom stereocenters. The van der Waals surface area contributed by atoms with Gasteiger partial charge in [0.05, 0.1) is 6.16 Å². The van der Waals surface area contributed by atoms with E-state index in [1.807, 2.05) is 6.92 Å². The van der Waals surface area contributed by atoms with Crippen LogP contribution in [0.2, 0.25) is 0 Å². The van der Waals surface area contributed by atoms with E-state index < -0.39 is 13.2 Å². The first-order chi connectivity index (χ1) is 9.47. The van der Waals surface area contributed by atoms with E-state index >= 15 is 0 Å². The van der Waals surface area contributed by atoms with Gasteiger partial charge in [-0.15, -0.1) is 11.6 Å². The van der Waals surface area contributed by atoms with Crippen molar-refractivity contribution in [3.8, 4) is 5.75 Å². The number of benzene rings is 1. The van der Waals surface area contributed by atoms with Gasteiger partial charge in [-0.1, -0.05) is 0 Å². The molecule has 20 heavy (non-hydrogen) atoms. The van der Waals surface area contributed by atoms with Gasteiger partial charge in [0.2, 0.25) is 0 Å². The predicted octanol–water partition coefficient (Wildman–Crippen LogP) is 3.56. The van der Waals surface area contributed by atoms with Crippen molar-refractivity contribution in [3.63, 3.8) is 0 Å². The van der Waals surface area contributed by atoms with Crippen molar-refractivity contribution in [2.45, 2.75) is 6.92 Å². The van der Waals surface area contributed by atoms with Crippen LogP contribution in [0.5, 0.6) is 5.75 Å². The van der Waals surface area contributed by atoms with Crippen LogP contribution in [0.3, 0.4) is 0 Å². The van der Waals surface area contributed by atoms with Gasteiger partial charge in [-0.2, -0.15) is 0 Å². The van der Waals surface area contributed by atoms with Crippen molar-refractivity contribution in [2.24, 2.45) is 0 Å². The highest BCUT2D eigenvalue weighted by Crippen LogP contribution is 2.47. The van der Waals surface area contributed by atoms with Crippen LogP contribution in [0.15, 0.2) is 33.5 Å². The lowest BCUT2D eigenvalue weighted by atomic mass is 10.1. The Morgan fingerprint density at radius 2 is 2.10 bits per heavy atom. The van der Waals surface area contributed by atoms with Gasteiger partial charge in [-0.25, -0.2) is 9.36 Å². The van der Waals surface area contributed by atoms with Crippen LogP contribution in [-0.2, 0) is 9.09 Å². The lowest BCUT2D eigenvalue weighted by molar-refractivity contribution is 0.323. The van der Waals surface area contributed by atoms with E-state index in [-0.39, 0.29) is 12.0 Å². The number of hydrogen-bond donors (Lipinski definition) is 0. The molecule has 0 aliphatic heterocycles. The minimum absolute atomic E-state index is 0.0981. The Labute approximate surface area is 121 Å². The Bertz CT molecular complexity index is 724. The molecule has 0 saturated carbocycles. The number of aryl methyl sites for hydroxylation is 1. The Kier molecular flexibility index (Phi) is 4.53. The molecular weight excluding hydrogens is 303 g/mol. The highest BCUT2D eigenvalue weighted by Gasteiger charge is 2.24. The molecule has 1 aromatic heterocycles. The Morgan fingerprint density at radius 1 is 1.35 bits per heavy atom. The molecule has 0 fully saturated rings. The third-order valence-corrected chi connectivity index (χ3v) is 5.07. The van der Waals surface area contributed by atoms with Crippen LogP contribution in [0.4, 0.5) is 0 Å². The summed E-state index contributed by atoms with van der Waals surface area (Å²) < 4.78 is 27.6. The zero-order valence-electron chi connectivity index (χ0n) is 11.1. The number of alkyl halides is 1. The maximum Gasteiger partial charge on any atom is 0.380 e. The molecule has 0 amide bonds. The first kappa shape index (κ1) is 15.1. The minimum atomic E-state index is -3.28. The summed E-state index contributed by atoms with van der Waals surface area (Å²) in [6.45, 7) is 1.81. The quantitative estimate of drug-likeness (QED) is 0.479. The summed E-state index contributed by atoms with van der Waals surface area (Å²) in [6, 6.07) is 6.32. The topological polar surface area (TPSA) is 65.7 Å². The molecule has 1 heterocycles. The van der Waals surface area contributed by atoms with Gasteiger partial charge in [-0.3, -0.25) is 0 Å². The van der Waals surface area contributed by atoms with Gasteiger partial charge in [0, 0.05) is 30.5 Å². The van der Waals surface area contributed by atoms with E-state index in [0.29, 0.717) is 11.3 Å². The molecule has 0 N–H and O–H groups in total. The maximum absolute atomic E-state index is 12.2. The number of fused-ring (bicyclic) bond motifs is 1. The minimum Gasteiger partial charge on any atom is -0.424 e. The third kappa shape index (κ3) is 3.23. The molecule has 1 unspecified atom stereocenters. The summed E-state index contributed by atoms with van der Waals surface area (Å²) in [7, 11) is -1.97. The summed E-state index contributed by atoms with van der Waals surface area (Å²) in [6.07, 6.45) is 0.0981. The van der Waals surface area contributed by atoms with Crippen molar-refractivity contribution >= 4 is 30.2 Å². The van der Waals surface area contributed by atoms with E-state index in [1.54, 1.807) is 12.1 Å². The molecule has 5 nitrogen and oxygen atoms in total. The molecule has 0 radical (unpaired) electrons. The fraction of sp³-hybridized carbons (Fsp3) is 0.308. The smallest absolute Gasteiger partial charge is 0.380 e. The predicted molar refractivity (Wildman–Crippen MR) is 78.1 cm³/mol. The first-order valence-electron chi connectivity index (χ1n) is 5.92. The molecule has 0 aliphatic carbocycles. The average Bonchev–Trinajstić information content (AvgIpc) is 2.38. The van der Waals surface area contributed by atoms with Crippen molar-refractivity contribution < 1.29 is 18.0 Å². The molecule has 1 aromatic carbocycles. The number of halogens is 1. The average molecular weight is 317 g/mol. The van der Waals surface area contributed by atoms with Crippen molar-refractivity contribution in [3.05, 3.63) is 40.2 Å². The summed E-state index contributed by atoms with van der Waals surface area (Å²) in [5, 5.41) is 0.793. The molecule has 2 rings (SSSR count). The largest absolute Gasteiger partial charge is 0.424 e. The Hall–Kier alpha value is -1.29. The summed E-state index contributed by atoms with van der Waals surface area (Å²) >= 11 is 5.58. The zero-order chi connectivity index (χ0) is 14.8. The van der Waals surface area contributed by atoms with Crippen LogP contribution in [0.1, 0.15) is 5.56 Å². The van der Waals surface area contributed by atoms with Crippen LogP contribution in [0, 0.1) is 6.92 Å². The monoisotopic (exact) mass is 316 g/mol. The van der Waals surface area contributed by atoms with Gasteiger partial charge in [-0.05, 0) is 24.6 Å². The Balaban J connectivity index is 2.42. The van der Waals surface area contributed by atoms with Crippen molar-refractivity contribution in [2.75, 3.05) is 19.2 Å². The number of hydrogen-bond acceptors (Lipinski definition) is 5. The van der Waals surface area contributed by atoms with Crippen LogP contribution < -0.4 is 10.1 Å². The molecule has 0 spiro atoms. The second kappa shape index (κ2) is 6.00. The Morgan fingerprint density at radius 3 is 2.75 bits per heavy atom. The molecule has 108 valence electrons. The highest BCUT2D eigenvalue weighted by molar-refractivity contribution is 7.54. The standard InChI is InChI=1S/C13H14ClO5P/c1-9-7-13(15)18-12-8-10(3-4-11(9)12)19-20(16,17-2)6-5-14/h3-4,7-8H,5-6H2,1-2H3. The summed E-state index contributed by atoms with van der Waals surface area (Å²) in [4.78, 5) is 11.4. The van der Waals surface area contributed by atoms with E-state index in [0.717, 1.165) is 10.9 Å². The lowest BCUT2D eigenvalue weighted by Gasteiger charge is -2.16. The van der Waals surface area contributed by atoms with Gasteiger partial charge < -0.3 is 13.5 Å². The molecule has 0 saturated heterocycles. The SMILES string of the molecule is COP(=O)(CCCl)Oc1ccc2c(C)cc(=O)oc2c1. The van der Waals surface area contributed by atoms with Gasteiger partial charge in [0.25, 0.3) is 0 Å². The third-order valence-electron chi connectivity index (χ3n) is 2.80. The normalized spacial score (nSPS) is 14.2. The van der Waals surface area contributed by atoms with Crippen LogP contribution in [-0.4, -0.2) is 19.2 Å². The molecule has 2 aromatic rings. The van der Waals surface area contributed by atoms with Gasteiger partial charge in [0.1, 0.15) is 11.3 Å². The van der Waals surface area contributed by atoms with E-state index in [2.05, 4.69) is 0 Å². The van der Waals surface area contributed by atoms with Gasteiger partial charge in [0.15, 0.2) is 0 Å². The van der Waals surface area contributed by atoms with Crippen molar-refractivity contribution in [1.82, 2.24) is 0 Å². The second-order valence-corrected chi connectivity index (χ2v) is 6.80. The van der Waals surface area contributed by atoms with E-state index in [1.165, 1.54) is 19.2 Å². The molecule has 0 bridgehead atoms. The highest BCUT2D eigenvalue weighted by atomic mass is 35.5. The second-order valence-electron chi connectivity index (χ2n) is 4.20. The lowest BCUT2D eigenvalue weighted by Crippen LogP contribution is -2.02. The van der Waals surface area contributed by atoms with E-state index in [9.17, 15) is 9.36 Å². The van der Waals surface area contributed by atoms with Crippen LogP contribution in [0.25, 0.3) is 11.0 Å². The molecular formula is C13H14ClO5P. The van der Waals surface area contributed by atoms with Crippen LogP contribution >= 0.6 is 19.2 Å². The first-order valence-corrected chi connectivity index (χ1v) is 8.18. The van der Waals surface area contributed by atoms with Crippen molar-refractivity contribution in [1.29, 1.82) is 0 Å². The van der Waals surface area contributed by atoms with E-state index in [4.69, 9.17) is 25.1 Å².